The molecule has 0 bridgehead atoms. The summed E-state index contributed by atoms with van der Waals surface area (Å²) >= 11 is 1.41. The smallest absolute Gasteiger partial charge is 0.196 e. The number of anilines is 1. The fraction of sp³-hybridized carbons (Fsp3) is 0. The van der Waals surface area contributed by atoms with E-state index in [4.69, 9.17) is 0 Å². The van der Waals surface area contributed by atoms with E-state index in [1.165, 1.54) is 11.3 Å². The maximum Gasteiger partial charge on any atom is 0.196 e. The maximum absolute atomic E-state index is 9.28. The van der Waals surface area contributed by atoms with E-state index in [1.54, 1.807) is 0 Å². The number of hydrogen-bond donors (Lipinski definition) is 1. The first-order valence-electron chi connectivity index (χ1n) is 6.67. The second kappa shape index (κ2) is 6.66. The van der Waals surface area contributed by atoms with Gasteiger partial charge in [0.15, 0.2) is 10.7 Å². The van der Waals surface area contributed by atoms with Crippen LogP contribution in [-0.2, 0) is 0 Å². The van der Waals surface area contributed by atoms with Crippen LogP contribution in [0.4, 0.5) is 5.69 Å². The molecule has 5 heteroatoms. The van der Waals surface area contributed by atoms with Crippen LogP contribution in [0.1, 0.15) is 5.01 Å². The molecule has 0 saturated heterocycles. The summed E-state index contributed by atoms with van der Waals surface area (Å²) in [5, 5.41) is 16.0. The minimum atomic E-state index is 0.274. The van der Waals surface area contributed by atoms with Gasteiger partial charge in [0.2, 0.25) is 0 Å². The zero-order chi connectivity index (χ0) is 15.2. The summed E-state index contributed by atoms with van der Waals surface area (Å²) in [6, 6.07) is 21.5. The number of rotatable bonds is 4. The Bertz CT molecular complexity index is 817. The van der Waals surface area contributed by atoms with Crippen molar-refractivity contribution < 1.29 is 0 Å². The van der Waals surface area contributed by atoms with Gasteiger partial charge in [0.25, 0.3) is 0 Å². The first kappa shape index (κ1) is 14.0. The Kier molecular flexibility index (Phi) is 4.23. The minimum Gasteiger partial charge on any atom is -0.277 e. The molecule has 0 atom stereocenters. The third-order valence-corrected chi connectivity index (χ3v) is 3.80. The lowest BCUT2D eigenvalue weighted by Gasteiger charge is -1.99. The summed E-state index contributed by atoms with van der Waals surface area (Å²) in [5.74, 6) is 0. The lowest BCUT2D eigenvalue weighted by Crippen LogP contribution is -2.01. The lowest BCUT2D eigenvalue weighted by molar-refractivity contribution is 1.31. The fourth-order valence-corrected chi connectivity index (χ4v) is 2.64. The van der Waals surface area contributed by atoms with Gasteiger partial charge >= 0.3 is 0 Å². The summed E-state index contributed by atoms with van der Waals surface area (Å²) in [6.07, 6.45) is 0. The van der Waals surface area contributed by atoms with Gasteiger partial charge in [0, 0.05) is 10.9 Å². The van der Waals surface area contributed by atoms with E-state index < -0.39 is 0 Å². The van der Waals surface area contributed by atoms with E-state index in [2.05, 4.69) is 21.6 Å². The minimum absolute atomic E-state index is 0.274. The van der Waals surface area contributed by atoms with Crippen LogP contribution < -0.4 is 5.43 Å². The molecule has 4 nitrogen and oxygen atoms in total. The molecule has 0 aliphatic carbocycles. The zero-order valence-electron chi connectivity index (χ0n) is 11.6. The summed E-state index contributed by atoms with van der Waals surface area (Å²) in [7, 11) is 0. The predicted octanol–water partition coefficient (Wildman–Crippen LogP) is 4.15. The summed E-state index contributed by atoms with van der Waals surface area (Å²) in [4.78, 5) is 4.49. The van der Waals surface area contributed by atoms with Gasteiger partial charge in [-0.3, -0.25) is 5.43 Å². The molecule has 2 aromatic carbocycles. The predicted molar refractivity (Wildman–Crippen MR) is 89.8 cm³/mol. The molecule has 0 spiro atoms. The number of hydrogen-bond acceptors (Lipinski definition) is 5. The van der Waals surface area contributed by atoms with Gasteiger partial charge in [-0.2, -0.15) is 10.4 Å². The van der Waals surface area contributed by atoms with E-state index in [0.29, 0.717) is 5.01 Å². The van der Waals surface area contributed by atoms with Gasteiger partial charge in [0.1, 0.15) is 6.07 Å². The standard InChI is InChI=1S/C17H12N4S/c18-11-15(21-20-14-9-5-2-6-10-14)17-19-16(12-22-17)13-7-3-1-4-8-13/h1-10,12,20H/b21-15+. The third kappa shape index (κ3) is 3.19. The third-order valence-electron chi connectivity index (χ3n) is 2.95. The molecule has 0 aliphatic heterocycles. The SMILES string of the molecule is N#C/C(=N\Nc1ccccc1)c1nc(-c2ccccc2)cs1. The van der Waals surface area contributed by atoms with Gasteiger partial charge in [-0.05, 0) is 12.1 Å². The Labute approximate surface area is 132 Å². The number of nitrogens with one attached hydrogen (secondary N) is 1. The van der Waals surface area contributed by atoms with Crippen molar-refractivity contribution in [1.82, 2.24) is 4.98 Å². The van der Waals surface area contributed by atoms with Crippen molar-refractivity contribution in [2.24, 2.45) is 5.10 Å². The normalized spacial score (nSPS) is 11.0. The quantitative estimate of drug-likeness (QED) is 0.582. The average Bonchev–Trinajstić information content (AvgIpc) is 3.07. The number of aromatic nitrogens is 1. The van der Waals surface area contributed by atoms with Crippen LogP contribution in [0.15, 0.2) is 71.1 Å². The Morgan fingerprint density at radius 2 is 1.73 bits per heavy atom. The summed E-state index contributed by atoms with van der Waals surface area (Å²) < 4.78 is 0. The van der Waals surface area contributed by atoms with Crippen molar-refractivity contribution in [2.75, 3.05) is 5.43 Å². The van der Waals surface area contributed by atoms with Gasteiger partial charge in [-0.25, -0.2) is 4.98 Å². The first-order valence-corrected chi connectivity index (χ1v) is 7.55. The Morgan fingerprint density at radius 1 is 1.05 bits per heavy atom. The van der Waals surface area contributed by atoms with Crippen LogP contribution >= 0.6 is 11.3 Å². The van der Waals surface area contributed by atoms with Crippen LogP contribution in [0.5, 0.6) is 0 Å². The first-order chi connectivity index (χ1) is 10.9. The Morgan fingerprint density at radius 3 is 2.41 bits per heavy atom. The molecule has 0 radical (unpaired) electrons. The molecule has 22 heavy (non-hydrogen) atoms. The highest BCUT2D eigenvalue weighted by molar-refractivity contribution is 7.12. The molecule has 0 saturated carbocycles. The second-order valence-corrected chi connectivity index (χ2v) is 5.31. The zero-order valence-corrected chi connectivity index (χ0v) is 12.4. The van der Waals surface area contributed by atoms with Crippen LogP contribution in [0.2, 0.25) is 0 Å². The van der Waals surface area contributed by atoms with Gasteiger partial charge in [-0.15, -0.1) is 11.3 Å². The molecule has 3 rings (SSSR count). The average molecular weight is 304 g/mol. The topological polar surface area (TPSA) is 61.1 Å². The van der Waals surface area contributed by atoms with Crippen molar-refractivity contribution in [3.63, 3.8) is 0 Å². The number of nitriles is 1. The highest BCUT2D eigenvalue weighted by Gasteiger charge is 2.10. The number of nitrogens with zero attached hydrogens (tertiary/aromatic N) is 3. The summed E-state index contributed by atoms with van der Waals surface area (Å²) in [5.41, 5.74) is 5.85. The number of benzene rings is 2. The van der Waals surface area contributed by atoms with E-state index >= 15 is 0 Å². The molecule has 1 aromatic heterocycles. The van der Waals surface area contributed by atoms with Crippen LogP contribution in [0.25, 0.3) is 11.3 Å². The van der Waals surface area contributed by atoms with Crippen molar-refractivity contribution in [1.29, 1.82) is 5.26 Å². The van der Waals surface area contributed by atoms with E-state index in [0.717, 1.165) is 16.9 Å². The van der Waals surface area contributed by atoms with Gasteiger partial charge < -0.3 is 0 Å². The van der Waals surface area contributed by atoms with Crippen molar-refractivity contribution in [3.05, 3.63) is 71.1 Å². The second-order valence-electron chi connectivity index (χ2n) is 4.45. The summed E-state index contributed by atoms with van der Waals surface area (Å²) in [6.45, 7) is 0. The van der Waals surface area contributed by atoms with Crippen LogP contribution in [-0.4, -0.2) is 10.7 Å². The largest absolute Gasteiger partial charge is 0.277 e. The maximum atomic E-state index is 9.28. The van der Waals surface area contributed by atoms with E-state index in [-0.39, 0.29) is 5.71 Å². The molecule has 0 amide bonds. The Hall–Kier alpha value is -2.97. The molecule has 106 valence electrons. The molecule has 0 fully saturated rings. The molecular formula is C17H12N4S. The van der Waals surface area contributed by atoms with Gasteiger partial charge in [-0.1, -0.05) is 48.5 Å². The number of hydrazone groups is 1. The van der Waals surface area contributed by atoms with Gasteiger partial charge in [0.05, 0.1) is 11.4 Å². The van der Waals surface area contributed by atoms with Crippen LogP contribution in [0, 0.1) is 11.3 Å². The van der Waals surface area contributed by atoms with Crippen molar-refractivity contribution >= 4 is 22.7 Å². The molecule has 0 unspecified atom stereocenters. The van der Waals surface area contributed by atoms with Crippen molar-refractivity contribution in [2.45, 2.75) is 0 Å². The monoisotopic (exact) mass is 304 g/mol. The number of para-hydroxylation sites is 1. The number of thiazole rings is 1. The van der Waals surface area contributed by atoms with E-state index in [1.807, 2.05) is 66.0 Å². The fourth-order valence-electron chi connectivity index (χ4n) is 1.88. The van der Waals surface area contributed by atoms with Crippen LogP contribution in [0.3, 0.4) is 0 Å². The molecule has 1 heterocycles. The molecule has 3 aromatic rings. The molecular weight excluding hydrogens is 292 g/mol. The Balaban J connectivity index is 1.83. The molecule has 1 N–H and O–H groups in total. The molecule has 0 aliphatic rings. The highest BCUT2D eigenvalue weighted by Crippen LogP contribution is 2.22. The lowest BCUT2D eigenvalue weighted by atomic mass is 10.2. The van der Waals surface area contributed by atoms with Crippen molar-refractivity contribution in [3.8, 4) is 17.3 Å². The van der Waals surface area contributed by atoms with E-state index in [9.17, 15) is 5.26 Å². The highest BCUT2D eigenvalue weighted by atomic mass is 32.1.